The molecule has 1 aliphatic heterocycles. The van der Waals surface area contributed by atoms with Gasteiger partial charge in [-0.15, -0.1) is 0 Å². The summed E-state index contributed by atoms with van der Waals surface area (Å²) >= 11 is 0. The van der Waals surface area contributed by atoms with Crippen molar-refractivity contribution in [3.8, 4) is 5.75 Å². The molecular weight excluding hydrogens is 338 g/mol. The van der Waals surface area contributed by atoms with Crippen molar-refractivity contribution < 1.29 is 14.6 Å². The Hall–Kier alpha value is -1.88. The van der Waals surface area contributed by atoms with Crippen LogP contribution in [0.15, 0.2) is 54.6 Å². The summed E-state index contributed by atoms with van der Waals surface area (Å²) in [7, 11) is 1.66. The lowest BCUT2D eigenvalue weighted by Gasteiger charge is -2.33. The number of benzene rings is 2. The SMILES string of the molecule is COc1cccc(COCC(O)CN2CCC(Cc3ccccc3)CC2)c1. The van der Waals surface area contributed by atoms with E-state index < -0.39 is 6.10 Å². The van der Waals surface area contributed by atoms with E-state index in [9.17, 15) is 5.11 Å². The van der Waals surface area contributed by atoms with Gasteiger partial charge in [-0.2, -0.15) is 0 Å². The van der Waals surface area contributed by atoms with Crippen LogP contribution in [0.25, 0.3) is 0 Å². The van der Waals surface area contributed by atoms with E-state index in [1.165, 1.54) is 24.8 Å². The van der Waals surface area contributed by atoms with E-state index in [0.717, 1.165) is 30.3 Å². The summed E-state index contributed by atoms with van der Waals surface area (Å²) in [6.45, 7) is 3.67. The molecule has 0 aliphatic carbocycles. The Balaban J connectivity index is 1.32. The van der Waals surface area contributed by atoms with Gasteiger partial charge in [0.05, 0.1) is 26.4 Å². The zero-order valence-corrected chi connectivity index (χ0v) is 16.2. The van der Waals surface area contributed by atoms with E-state index in [2.05, 4.69) is 35.2 Å². The summed E-state index contributed by atoms with van der Waals surface area (Å²) in [5, 5.41) is 10.3. The van der Waals surface area contributed by atoms with Crippen molar-refractivity contribution in [1.82, 2.24) is 4.90 Å². The summed E-state index contributed by atoms with van der Waals surface area (Å²) < 4.78 is 10.9. The Kier molecular flexibility index (Phi) is 7.69. The van der Waals surface area contributed by atoms with Crippen molar-refractivity contribution in [3.63, 3.8) is 0 Å². The molecule has 0 bridgehead atoms. The van der Waals surface area contributed by atoms with Gasteiger partial charge in [0, 0.05) is 6.54 Å². The minimum Gasteiger partial charge on any atom is -0.497 e. The fraction of sp³-hybridized carbons (Fsp3) is 0.478. The number of piperidine rings is 1. The fourth-order valence-electron chi connectivity index (χ4n) is 3.75. The second-order valence-electron chi connectivity index (χ2n) is 7.45. The molecule has 1 aliphatic rings. The minimum absolute atomic E-state index is 0.362. The smallest absolute Gasteiger partial charge is 0.119 e. The van der Waals surface area contributed by atoms with Crippen LogP contribution in [-0.2, 0) is 17.8 Å². The molecule has 1 atom stereocenters. The zero-order valence-electron chi connectivity index (χ0n) is 16.2. The zero-order chi connectivity index (χ0) is 18.9. The van der Waals surface area contributed by atoms with Gasteiger partial charge < -0.3 is 19.5 Å². The molecule has 0 amide bonds. The van der Waals surface area contributed by atoms with Crippen LogP contribution < -0.4 is 4.74 Å². The van der Waals surface area contributed by atoms with E-state index in [1.54, 1.807) is 7.11 Å². The highest BCUT2D eigenvalue weighted by Gasteiger charge is 2.21. The molecule has 4 heteroatoms. The van der Waals surface area contributed by atoms with Crippen LogP contribution in [-0.4, -0.2) is 49.5 Å². The summed E-state index contributed by atoms with van der Waals surface area (Å²) in [5.41, 5.74) is 2.49. The molecule has 0 saturated carbocycles. The predicted molar refractivity (Wildman–Crippen MR) is 108 cm³/mol. The van der Waals surface area contributed by atoms with Crippen LogP contribution >= 0.6 is 0 Å². The highest BCUT2D eigenvalue weighted by Crippen LogP contribution is 2.21. The highest BCUT2D eigenvalue weighted by molar-refractivity contribution is 5.27. The second-order valence-corrected chi connectivity index (χ2v) is 7.45. The Morgan fingerprint density at radius 3 is 2.52 bits per heavy atom. The number of β-amino-alcohol motifs (C(OH)–C–C–N with tert-alkyl or cyclic N) is 1. The first kappa shape index (κ1) is 19.9. The average molecular weight is 370 g/mol. The van der Waals surface area contributed by atoms with Gasteiger partial charge in [0.15, 0.2) is 0 Å². The van der Waals surface area contributed by atoms with Crippen LogP contribution in [0.5, 0.6) is 5.75 Å². The van der Waals surface area contributed by atoms with Gasteiger partial charge >= 0.3 is 0 Å². The molecule has 1 N–H and O–H groups in total. The summed E-state index contributed by atoms with van der Waals surface area (Å²) in [5.74, 6) is 1.58. The van der Waals surface area contributed by atoms with Crippen molar-refractivity contribution in [2.24, 2.45) is 5.92 Å². The van der Waals surface area contributed by atoms with Crippen molar-refractivity contribution in [3.05, 3.63) is 65.7 Å². The van der Waals surface area contributed by atoms with E-state index >= 15 is 0 Å². The van der Waals surface area contributed by atoms with Crippen LogP contribution in [0.2, 0.25) is 0 Å². The van der Waals surface area contributed by atoms with E-state index in [-0.39, 0.29) is 0 Å². The second kappa shape index (κ2) is 10.5. The van der Waals surface area contributed by atoms with Crippen LogP contribution in [0.4, 0.5) is 0 Å². The third kappa shape index (κ3) is 6.65. The molecule has 2 aromatic carbocycles. The number of aliphatic hydroxyl groups excluding tert-OH is 1. The number of likely N-dealkylation sites (tertiary alicyclic amines) is 1. The van der Waals surface area contributed by atoms with Gasteiger partial charge in [-0.05, 0) is 61.5 Å². The van der Waals surface area contributed by atoms with Crippen molar-refractivity contribution >= 4 is 0 Å². The number of hydrogen-bond acceptors (Lipinski definition) is 4. The van der Waals surface area contributed by atoms with E-state index in [0.29, 0.717) is 19.8 Å². The first-order valence-electron chi connectivity index (χ1n) is 9.88. The van der Waals surface area contributed by atoms with Gasteiger partial charge in [-0.25, -0.2) is 0 Å². The molecule has 4 nitrogen and oxygen atoms in total. The molecule has 1 heterocycles. The van der Waals surface area contributed by atoms with Gasteiger partial charge in [-0.1, -0.05) is 42.5 Å². The van der Waals surface area contributed by atoms with Crippen LogP contribution in [0, 0.1) is 5.92 Å². The summed E-state index contributed by atoms with van der Waals surface area (Å²) in [6.07, 6.45) is 3.13. The number of methoxy groups -OCH3 is 1. The Morgan fingerprint density at radius 2 is 1.78 bits per heavy atom. The van der Waals surface area contributed by atoms with Crippen molar-refractivity contribution in [1.29, 1.82) is 0 Å². The lowest BCUT2D eigenvalue weighted by atomic mass is 9.90. The number of ether oxygens (including phenoxy) is 2. The number of rotatable bonds is 9. The Labute approximate surface area is 162 Å². The monoisotopic (exact) mass is 369 g/mol. The van der Waals surface area contributed by atoms with Gasteiger partial charge in [0.25, 0.3) is 0 Å². The summed E-state index contributed by atoms with van der Waals surface area (Å²) in [4.78, 5) is 2.36. The molecule has 1 unspecified atom stereocenters. The Morgan fingerprint density at radius 1 is 1.04 bits per heavy atom. The molecule has 0 radical (unpaired) electrons. The minimum atomic E-state index is -0.443. The molecule has 3 rings (SSSR count). The van der Waals surface area contributed by atoms with Crippen LogP contribution in [0.3, 0.4) is 0 Å². The van der Waals surface area contributed by atoms with Gasteiger partial charge in [0.2, 0.25) is 0 Å². The Bertz CT molecular complexity index is 668. The molecule has 1 saturated heterocycles. The number of hydrogen-bond donors (Lipinski definition) is 1. The summed E-state index contributed by atoms with van der Waals surface area (Å²) in [6, 6.07) is 18.6. The largest absolute Gasteiger partial charge is 0.497 e. The topological polar surface area (TPSA) is 41.9 Å². The van der Waals surface area contributed by atoms with Crippen LogP contribution in [0.1, 0.15) is 24.0 Å². The van der Waals surface area contributed by atoms with Gasteiger partial charge in [-0.3, -0.25) is 0 Å². The fourth-order valence-corrected chi connectivity index (χ4v) is 3.75. The molecule has 146 valence electrons. The first-order chi connectivity index (χ1) is 13.2. The predicted octanol–water partition coefficient (Wildman–Crippen LogP) is 3.53. The average Bonchev–Trinajstić information content (AvgIpc) is 2.70. The molecule has 0 aromatic heterocycles. The first-order valence-corrected chi connectivity index (χ1v) is 9.88. The molecule has 1 fully saturated rings. The molecular formula is C23H31NO3. The lowest BCUT2D eigenvalue weighted by molar-refractivity contribution is 0.00448. The maximum Gasteiger partial charge on any atom is 0.119 e. The highest BCUT2D eigenvalue weighted by atomic mass is 16.5. The maximum absolute atomic E-state index is 10.3. The van der Waals surface area contributed by atoms with E-state index in [1.807, 2.05) is 24.3 Å². The molecule has 27 heavy (non-hydrogen) atoms. The molecule has 2 aromatic rings. The lowest BCUT2D eigenvalue weighted by Crippen LogP contribution is -2.40. The van der Waals surface area contributed by atoms with E-state index in [4.69, 9.17) is 9.47 Å². The molecule has 0 spiro atoms. The third-order valence-corrected chi connectivity index (χ3v) is 5.26. The van der Waals surface area contributed by atoms with Gasteiger partial charge in [0.1, 0.15) is 5.75 Å². The number of nitrogens with zero attached hydrogens (tertiary/aromatic N) is 1. The standard InChI is InChI=1S/C23H31NO3/c1-26-23-9-5-8-21(15-23)17-27-18-22(25)16-24-12-10-20(11-13-24)14-19-6-3-2-4-7-19/h2-9,15,20,22,25H,10-14,16-18H2,1H3. The maximum atomic E-state index is 10.3. The van der Waals surface area contributed by atoms with Crippen molar-refractivity contribution in [2.75, 3.05) is 33.4 Å². The normalized spacial score (nSPS) is 17.0. The van der Waals surface area contributed by atoms with Crippen molar-refractivity contribution in [2.45, 2.75) is 32.0 Å². The quantitative estimate of drug-likeness (QED) is 0.734. The number of aliphatic hydroxyl groups is 1. The third-order valence-electron chi connectivity index (χ3n) is 5.26.